The van der Waals surface area contributed by atoms with Crippen LogP contribution >= 0.6 is 0 Å². The summed E-state index contributed by atoms with van der Waals surface area (Å²) in [5.74, 6) is 2.81. The zero-order chi connectivity index (χ0) is 53.5. The third-order valence-electron chi connectivity index (χ3n) is 15.3. The molecule has 7 heteroatoms. The minimum Gasteiger partial charge on any atom is -0.661 e. The molecule has 1 atom stereocenters. The fraction of sp³-hybridized carbons (Fsp3) is 0.300. The van der Waals surface area contributed by atoms with Crippen molar-refractivity contribution in [2.24, 2.45) is 0 Å². The molecule has 0 amide bonds. The molecule has 10 aromatic rings. The Morgan fingerprint density at radius 2 is 1.16 bits per heavy atom. The van der Waals surface area contributed by atoms with Gasteiger partial charge in [-0.3, -0.25) is 4.98 Å². The average Bonchev–Trinajstić information content (AvgIpc) is 4.15. The molecule has 77 heavy (non-hydrogen) atoms. The van der Waals surface area contributed by atoms with E-state index in [1.165, 1.54) is 33.5 Å². The molecular formula is C70H71N4O2Pt-3. The Balaban J connectivity index is 0.00000672. The predicted octanol–water partition coefficient (Wildman–Crippen LogP) is 20.6. The van der Waals surface area contributed by atoms with Crippen molar-refractivity contribution in [1.82, 2.24) is 9.55 Å². The van der Waals surface area contributed by atoms with E-state index in [1.54, 1.807) is 0 Å². The largest absolute Gasteiger partial charge is 0.661 e. The van der Waals surface area contributed by atoms with E-state index in [0.29, 0.717) is 11.5 Å². The van der Waals surface area contributed by atoms with E-state index in [1.807, 2.05) is 0 Å². The van der Waals surface area contributed by atoms with Crippen LogP contribution in [0, 0.1) is 12.1 Å². The Hall–Kier alpha value is -6.88. The number of para-hydroxylation sites is 5. The van der Waals surface area contributed by atoms with E-state index in [0.717, 1.165) is 83.7 Å². The van der Waals surface area contributed by atoms with Crippen LogP contribution in [-0.2, 0) is 31.9 Å². The zero-order valence-corrected chi connectivity index (χ0v) is 49.4. The number of rotatable bonds is 11. The van der Waals surface area contributed by atoms with Crippen LogP contribution in [0.4, 0.5) is 17.1 Å². The molecular weight excluding hydrogens is 1120 g/mol. The Bertz CT molecular complexity index is 3800. The second-order valence-electron chi connectivity index (χ2n) is 24.2. The van der Waals surface area contributed by atoms with E-state index < -0.39 is 6.17 Å². The molecule has 6 nitrogen and oxygen atoms in total. The second kappa shape index (κ2) is 20.5. The molecule has 0 fully saturated rings. The molecule has 1 aliphatic rings. The normalized spacial score (nSPS) is 13.9. The molecule has 3 heterocycles. The molecule has 0 radical (unpaired) electrons. The van der Waals surface area contributed by atoms with Crippen molar-refractivity contribution in [2.45, 2.75) is 138 Å². The Morgan fingerprint density at radius 3 is 1.82 bits per heavy atom. The summed E-state index contributed by atoms with van der Waals surface area (Å²) in [6, 6.07) is 59.9. The number of ether oxygens (including phenoxy) is 1. The number of benzene rings is 8. The molecule has 396 valence electrons. The molecule has 1 unspecified atom stereocenters. The van der Waals surface area contributed by atoms with Crippen LogP contribution in [0.2, 0.25) is 0 Å². The SMILES string of the molecule is CC(C)c1cc(-c2ccccc2)cc(C(C)C)c1N1c2ccccc2[N-]C1c1[c-]c(Oc2[c-]c(-c3nc4ccccc4n3-c3c(C(C)C)cc4c(oc5ccccc54)c3C(C)C)cc(C(C)(C)C)c2)cc(C(C)(C)C)c1.[Pt]. The Labute approximate surface area is 471 Å². The zero-order valence-electron chi connectivity index (χ0n) is 47.2. The topological polar surface area (TPSA) is 57.5 Å². The number of furan rings is 1. The van der Waals surface area contributed by atoms with Crippen molar-refractivity contribution < 1.29 is 30.2 Å². The van der Waals surface area contributed by atoms with Gasteiger partial charge in [0, 0.05) is 66.0 Å². The van der Waals surface area contributed by atoms with Crippen LogP contribution in [0.5, 0.6) is 11.5 Å². The maximum absolute atomic E-state index is 7.23. The van der Waals surface area contributed by atoms with Gasteiger partial charge in [-0.05, 0) is 111 Å². The van der Waals surface area contributed by atoms with Crippen molar-refractivity contribution in [3.63, 3.8) is 0 Å². The van der Waals surface area contributed by atoms with Gasteiger partial charge in [-0.15, -0.1) is 40.6 Å². The maximum atomic E-state index is 7.23. The summed E-state index contributed by atoms with van der Waals surface area (Å²) in [6.45, 7) is 31.9. The summed E-state index contributed by atoms with van der Waals surface area (Å²) in [6.07, 6.45) is -0.408. The quantitative estimate of drug-likeness (QED) is 0.121. The minimum atomic E-state index is -0.408. The van der Waals surface area contributed by atoms with Gasteiger partial charge in [0.05, 0.1) is 16.9 Å². The Morgan fingerprint density at radius 1 is 0.571 bits per heavy atom. The Kier molecular flexibility index (Phi) is 14.2. The first kappa shape index (κ1) is 53.5. The molecule has 8 aromatic carbocycles. The van der Waals surface area contributed by atoms with E-state index in [9.17, 15) is 0 Å². The third kappa shape index (κ3) is 9.81. The van der Waals surface area contributed by atoms with Gasteiger partial charge in [0.15, 0.2) is 0 Å². The summed E-state index contributed by atoms with van der Waals surface area (Å²) in [5.41, 5.74) is 19.1. The van der Waals surface area contributed by atoms with Gasteiger partial charge in [-0.1, -0.05) is 188 Å². The molecule has 0 bridgehead atoms. The van der Waals surface area contributed by atoms with Crippen LogP contribution < -0.4 is 9.64 Å². The van der Waals surface area contributed by atoms with Gasteiger partial charge < -0.3 is 23.9 Å². The van der Waals surface area contributed by atoms with E-state index in [-0.39, 0.29) is 55.6 Å². The number of aromatic nitrogens is 2. The fourth-order valence-corrected chi connectivity index (χ4v) is 11.2. The summed E-state index contributed by atoms with van der Waals surface area (Å²) in [7, 11) is 0. The van der Waals surface area contributed by atoms with Crippen molar-refractivity contribution in [2.75, 3.05) is 4.90 Å². The van der Waals surface area contributed by atoms with Gasteiger partial charge in [0.25, 0.3) is 0 Å². The van der Waals surface area contributed by atoms with E-state index >= 15 is 0 Å². The fourth-order valence-electron chi connectivity index (χ4n) is 11.2. The number of anilines is 2. The number of hydrogen-bond donors (Lipinski definition) is 0. The van der Waals surface area contributed by atoms with Crippen LogP contribution in [0.3, 0.4) is 0 Å². The van der Waals surface area contributed by atoms with Crippen molar-refractivity contribution >= 4 is 50.0 Å². The smallest absolute Gasteiger partial charge is 0.140 e. The van der Waals surface area contributed by atoms with Gasteiger partial charge >= 0.3 is 0 Å². The molecule has 0 aliphatic carbocycles. The molecule has 0 spiro atoms. The summed E-state index contributed by atoms with van der Waals surface area (Å²) < 4.78 is 16.4. The van der Waals surface area contributed by atoms with Crippen molar-refractivity contribution in [3.05, 3.63) is 202 Å². The van der Waals surface area contributed by atoms with Crippen LogP contribution in [0.25, 0.3) is 66.5 Å². The first-order valence-corrected chi connectivity index (χ1v) is 27.4. The van der Waals surface area contributed by atoms with Gasteiger partial charge in [-0.25, -0.2) is 0 Å². The molecule has 0 N–H and O–H groups in total. The predicted molar refractivity (Wildman–Crippen MR) is 318 cm³/mol. The van der Waals surface area contributed by atoms with Crippen LogP contribution in [0.15, 0.2) is 150 Å². The first-order chi connectivity index (χ1) is 36.2. The standard InChI is InChI=1S/C70H71N4O2.Pt/c1-41(2)54-36-46(45-24-16-15-17-25-45)37-55(42(3)4)64(54)73-60-29-21-19-27-58(60)71-67(73)47-32-49(69(9,10)11)38-51(34-47)75-52-35-48(33-50(39-52)70(12,13)14)68-72-59-28-20-22-30-61(59)74(68)65-56(43(5)6)40-57-53-26-18-23-31-62(53)76-66(57)63(65)44(7)8;/h15-33,36-44,67H,1-14H3;/q-3;. The summed E-state index contributed by atoms with van der Waals surface area (Å²) >= 11 is 0. The molecule has 2 aromatic heterocycles. The molecule has 1 aliphatic heterocycles. The molecule has 11 rings (SSSR count). The number of hydrogen-bond acceptors (Lipinski definition) is 4. The van der Waals surface area contributed by atoms with Crippen molar-refractivity contribution in [1.29, 1.82) is 0 Å². The van der Waals surface area contributed by atoms with Crippen LogP contribution in [-0.4, -0.2) is 9.55 Å². The van der Waals surface area contributed by atoms with Crippen molar-refractivity contribution in [3.8, 4) is 39.7 Å². The number of imidazole rings is 1. The minimum absolute atomic E-state index is 0. The molecule has 0 saturated carbocycles. The van der Waals surface area contributed by atoms with Gasteiger partial charge in [0.2, 0.25) is 0 Å². The van der Waals surface area contributed by atoms with Gasteiger partial charge in [0.1, 0.15) is 11.2 Å². The van der Waals surface area contributed by atoms with E-state index in [4.69, 9.17) is 19.5 Å². The average molecular weight is 1200 g/mol. The summed E-state index contributed by atoms with van der Waals surface area (Å²) in [5, 5.41) is 7.84. The van der Waals surface area contributed by atoms with E-state index in [2.05, 4.69) is 264 Å². The number of nitrogens with zero attached hydrogens (tertiary/aromatic N) is 4. The van der Waals surface area contributed by atoms with Gasteiger partial charge in [-0.2, -0.15) is 11.6 Å². The monoisotopic (exact) mass is 1190 g/mol. The van der Waals surface area contributed by atoms with Crippen LogP contribution in [0.1, 0.15) is 166 Å². The first-order valence-electron chi connectivity index (χ1n) is 27.4. The third-order valence-corrected chi connectivity index (χ3v) is 15.3. The maximum Gasteiger partial charge on any atom is 0.140 e. The second-order valence-corrected chi connectivity index (χ2v) is 24.2. The molecule has 0 saturated heterocycles. The number of fused-ring (bicyclic) bond motifs is 5. The summed E-state index contributed by atoms with van der Waals surface area (Å²) in [4.78, 5) is 7.98.